The second kappa shape index (κ2) is 9.39. The zero-order valence-electron chi connectivity index (χ0n) is 18.1. The van der Waals surface area contributed by atoms with Crippen LogP contribution in [0.5, 0.6) is 11.5 Å². The standard InChI is InChI=1S/C25H24ClFN2O4/c1-31-11-12-32-20-9-7-16(24(29)30)22(23(20)27)21-17-13-25(14-28,15-5-3-2-4-6-15)33-19(17)10-8-18(21)26/h2-10H,11-14,28H2,1H3,(H2,29,30)/t25-/m1/s1. The molecule has 0 aromatic heterocycles. The van der Waals surface area contributed by atoms with Gasteiger partial charge in [-0.2, -0.15) is 0 Å². The molecule has 8 heteroatoms. The van der Waals surface area contributed by atoms with Crippen molar-refractivity contribution in [1.82, 2.24) is 0 Å². The van der Waals surface area contributed by atoms with E-state index in [1.165, 1.54) is 19.2 Å². The fraction of sp³-hybridized carbons (Fsp3) is 0.240. The topological polar surface area (TPSA) is 96.8 Å². The van der Waals surface area contributed by atoms with E-state index in [-0.39, 0.29) is 41.7 Å². The van der Waals surface area contributed by atoms with Crippen molar-refractivity contribution in [3.05, 3.63) is 82.1 Å². The Morgan fingerprint density at radius 3 is 2.55 bits per heavy atom. The maximum Gasteiger partial charge on any atom is 0.249 e. The minimum absolute atomic E-state index is 0.00755. The number of nitrogens with two attached hydrogens (primary N) is 2. The van der Waals surface area contributed by atoms with Crippen molar-refractivity contribution in [2.45, 2.75) is 12.0 Å². The van der Waals surface area contributed by atoms with Crippen LogP contribution in [-0.4, -0.2) is 32.8 Å². The van der Waals surface area contributed by atoms with E-state index in [4.69, 9.17) is 37.3 Å². The Balaban J connectivity index is 1.89. The van der Waals surface area contributed by atoms with Crippen LogP contribution in [0.2, 0.25) is 5.02 Å². The van der Waals surface area contributed by atoms with Gasteiger partial charge in [-0.1, -0.05) is 41.9 Å². The summed E-state index contributed by atoms with van der Waals surface area (Å²) in [5, 5.41) is 0.258. The quantitative estimate of drug-likeness (QED) is 0.484. The first-order valence-electron chi connectivity index (χ1n) is 10.4. The van der Waals surface area contributed by atoms with Gasteiger partial charge in [0, 0.05) is 41.8 Å². The van der Waals surface area contributed by atoms with Gasteiger partial charge in [-0.25, -0.2) is 4.39 Å². The molecule has 0 aliphatic carbocycles. The van der Waals surface area contributed by atoms with Crippen molar-refractivity contribution in [3.63, 3.8) is 0 Å². The highest BCUT2D eigenvalue weighted by Crippen LogP contribution is 2.49. The third-order valence-corrected chi connectivity index (χ3v) is 6.10. The number of hydrogen-bond donors (Lipinski definition) is 2. The lowest BCUT2D eigenvalue weighted by atomic mass is 9.85. The van der Waals surface area contributed by atoms with E-state index in [0.29, 0.717) is 23.3 Å². The number of rotatable bonds is 8. The second-order valence-electron chi connectivity index (χ2n) is 7.75. The molecular formula is C25H24ClFN2O4. The maximum atomic E-state index is 15.8. The van der Waals surface area contributed by atoms with E-state index in [0.717, 1.165) is 5.56 Å². The molecule has 1 amide bonds. The molecule has 0 fully saturated rings. The summed E-state index contributed by atoms with van der Waals surface area (Å²) in [5.74, 6) is -1.03. The van der Waals surface area contributed by atoms with Crippen LogP contribution in [-0.2, 0) is 16.8 Å². The number of halogens is 2. The van der Waals surface area contributed by atoms with Crippen LogP contribution in [0.3, 0.4) is 0 Å². The van der Waals surface area contributed by atoms with Gasteiger partial charge < -0.3 is 25.7 Å². The molecule has 172 valence electrons. The number of hydrogen-bond acceptors (Lipinski definition) is 5. The molecular weight excluding hydrogens is 447 g/mol. The first-order chi connectivity index (χ1) is 15.9. The Bertz CT molecular complexity index is 1190. The Morgan fingerprint density at radius 1 is 1.12 bits per heavy atom. The van der Waals surface area contributed by atoms with Crippen LogP contribution < -0.4 is 20.9 Å². The smallest absolute Gasteiger partial charge is 0.249 e. The Hall–Kier alpha value is -3.13. The average Bonchev–Trinajstić information content (AvgIpc) is 3.21. The van der Waals surface area contributed by atoms with Crippen molar-refractivity contribution in [1.29, 1.82) is 0 Å². The van der Waals surface area contributed by atoms with Crippen molar-refractivity contribution >= 4 is 17.5 Å². The van der Waals surface area contributed by atoms with E-state index in [1.807, 2.05) is 30.3 Å². The van der Waals surface area contributed by atoms with Crippen LogP contribution >= 0.6 is 11.6 Å². The summed E-state index contributed by atoms with van der Waals surface area (Å²) < 4.78 is 32.6. The molecule has 1 atom stereocenters. The van der Waals surface area contributed by atoms with E-state index >= 15 is 4.39 Å². The van der Waals surface area contributed by atoms with Crippen molar-refractivity contribution < 1.29 is 23.4 Å². The Labute approximate surface area is 196 Å². The van der Waals surface area contributed by atoms with Crippen LogP contribution in [0.15, 0.2) is 54.6 Å². The van der Waals surface area contributed by atoms with Gasteiger partial charge in [-0.3, -0.25) is 4.79 Å². The fourth-order valence-corrected chi connectivity index (χ4v) is 4.43. The molecule has 33 heavy (non-hydrogen) atoms. The summed E-state index contributed by atoms with van der Waals surface area (Å²) in [6.07, 6.45) is 0.338. The molecule has 1 heterocycles. The summed E-state index contributed by atoms with van der Waals surface area (Å²) in [6.45, 7) is 0.600. The average molecular weight is 471 g/mol. The van der Waals surface area contributed by atoms with E-state index in [9.17, 15) is 4.79 Å². The summed E-state index contributed by atoms with van der Waals surface area (Å²) in [5.41, 5.74) is 12.8. The lowest BCUT2D eigenvalue weighted by molar-refractivity contribution is 0.1000. The Kier molecular flexibility index (Phi) is 6.56. The number of carbonyl (C=O) groups excluding carboxylic acids is 1. The molecule has 4 N–H and O–H groups in total. The molecule has 0 radical (unpaired) electrons. The summed E-state index contributed by atoms with van der Waals surface area (Å²) in [7, 11) is 1.52. The first-order valence-corrected chi connectivity index (χ1v) is 10.8. The minimum Gasteiger partial charge on any atom is -0.488 e. The largest absolute Gasteiger partial charge is 0.488 e. The van der Waals surface area contributed by atoms with Gasteiger partial charge in [0.2, 0.25) is 5.91 Å². The van der Waals surface area contributed by atoms with Crippen molar-refractivity contribution in [2.24, 2.45) is 11.5 Å². The number of fused-ring (bicyclic) bond motifs is 1. The number of ether oxygens (including phenoxy) is 3. The van der Waals surface area contributed by atoms with Gasteiger partial charge in [0.1, 0.15) is 12.4 Å². The SMILES string of the molecule is COCCOc1ccc(C(N)=O)c(-c2c(Cl)ccc3c2C[C@@](CN)(c2ccccc2)O3)c1F. The monoisotopic (exact) mass is 470 g/mol. The van der Waals surface area contributed by atoms with Gasteiger partial charge in [0.05, 0.1) is 12.2 Å². The van der Waals surface area contributed by atoms with Crippen LogP contribution in [0.1, 0.15) is 21.5 Å². The lowest BCUT2D eigenvalue weighted by Crippen LogP contribution is -2.39. The summed E-state index contributed by atoms with van der Waals surface area (Å²) in [6, 6.07) is 15.7. The Morgan fingerprint density at radius 2 is 1.88 bits per heavy atom. The fourth-order valence-electron chi connectivity index (χ4n) is 4.16. The normalized spacial score (nSPS) is 16.8. The molecule has 0 unspecified atom stereocenters. The number of primary amides is 1. The van der Waals surface area contributed by atoms with Crippen molar-refractivity contribution in [2.75, 3.05) is 26.9 Å². The van der Waals surface area contributed by atoms with Gasteiger partial charge in [-0.05, 0) is 29.8 Å². The van der Waals surface area contributed by atoms with E-state index in [2.05, 4.69) is 0 Å². The number of carbonyl (C=O) groups is 1. The molecule has 1 aliphatic rings. The van der Waals surface area contributed by atoms with E-state index < -0.39 is 17.3 Å². The number of methoxy groups -OCH3 is 1. The zero-order chi connectivity index (χ0) is 23.6. The molecule has 0 bridgehead atoms. The highest BCUT2D eigenvalue weighted by molar-refractivity contribution is 6.34. The maximum absolute atomic E-state index is 15.8. The number of amides is 1. The predicted octanol–water partition coefficient (Wildman–Crippen LogP) is 4.06. The van der Waals surface area contributed by atoms with Gasteiger partial charge in [0.25, 0.3) is 0 Å². The van der Waals surface area contributed by atoms with E-state index in [1.54, 1.807) is 12.1 Å². The molecule has 3 aromatic carbocycles. The highest BCUT2D eigenvalue weighted by atomic mass is 35.5. The van der Waals surface area contributed by atoms with Crippen LogP contribution in [0, 0.1) is 5.82 Å². The first kappa shape index (κ1) is 23.0. The second-order valence-corrected chi connectivity index (χ2v) is 8.16. The third-order valence-electron chi connectivity index (χ3n) is 5.78. The molecule has 3 aromatic rings. The number of benzene rings is 3. The predicted molar refractivity (Wildman–Crippen MR) is 124 cm³/mol. The highest BCUT2D eigenvalue weighted by Gasteiger charge is 2.42. The molecule has 6 nitrogen and oxygen atoms in total. The van der Waals surface area contributed by atoms with Crippen molar-refractivity contribution in [3.8, 4) is 22.6 Å². The van der Waals surface area contributed by atoms with Crippen LogP contribution in [0.25, 0.3) is 11.1 Å². The van der Waals surface area contributed by atoms with Gasteiger partial charge in [0.15, 0.2) is 17.2 Å². The third kappa shape index (κ3) is 4.15. The minimum atomic E-state index is -0.848. The van der Waals surface area contributed by atoms with Gasteiger partial charge in [-0.15, -0.1) is 0 Å². The molecule has 0 spiro atoms. The lowest BCUT2D eigenvalue weighted by Gasteiger charge is -2.27. The molecule has 0 saturated heterocycles. The summed E-state index contributed by atoms with van der Waals surface area (Å²) in [4.78, 5) is 12.2. The molecule has 4 rings (SSSR count). The molecule has 0 saturated carbocycles. The zero-order valence-corrected chi connectivity index (χ0v) is 18.8. The molecule has 1 aliphatic heterocycles. The van der Waals surface area contributed by atoms with Gasteiger partial charge >= 0.3 is 0 Å². The summed E-state index contributed by atoms with van der Waals surface area (Å²) >= 11 is 6.59. The van der Waals surface area contributed by atoms with Crippen LogP contribution in [0.4, 0.5) is 4.39 Å².